The molecule has 20 heavy (non-hydrogen) atoms. The molecule has 108 valence electrons. The van der Waals surface area contributed by atoms with E-state index in [0.717, 1.165) is 18.9 Å². The smallest absolute Gasteiger partial charge is 0.322 e. The Morgan fingerprint density at radius 2 is 2.35 bits per heavy atom. The van der Waals surface area contributed by atoms with E-state index in [9.17, 15) is 4.79 Å². The highest BCUT2D eigenvalue weighted by atomic mass is 16.5. The van der Waals surface area contributed by atoms with Crippen molar-refractivity contribution in [3.63, 3.8) is 0 Å². The Bertz CT molecular complexity index is 486. The minimum atomic E-state index is -0.457. The third-order valence-corrected chi connectivity index (χ3v) is 4.57. The molecule has 0 aromatic rings. The third-order valence-electron chi connectivity index (χ3n) is 4.57. The largest absolute Gasteiger partial charge is 0.465 e. The minimum absolute atomic E-state index is 0.0382. The van der Waals surface area contributed by atoms with Crippen LogP contribution >= 0.6 is 0 Å². The predicted molar refractivity (Wildman–Crippen MR) is 72.2 cm³/mol. The van der Waals surface area contributed by atoms with E-state index in [-0.39, 0.29) is 12.2 Å². The molecular weight excluding hydrogens is 258 g/mol. The number of nitrogens with zero attached hydrogens (tertiary/aromatic N) is 3. The normalized spacial score (nSPS) is 38.5. The zero-order chi connectivity index (χ0) is 13.7. The number of carbonyl (C=O) groups is 1. The predicted octanol–water partition coefficient (Wildman–Crippen LogP) is 1.02. The lowest BCUT2D eigenvalue weighted by Crippen LogP contribution is -2.49. The lowest BCUT2D eigenvalue weighted by Gasteiger charge is -2.36. The third kappa shape index (κ3) is 1.78. The first kappa shape index (κ1) is 12.3. The molecule has 0 amide bonds. The quantitative estimate of drug-likeness (QED) is 0.723. The monoisotopic (exact) mass is 277 g/mol. The fourth-order valence-electron chi connectivity index (χ4n) is 3.46. The van der Waals surface area contributed by atoms with Crippen molar-refractivity contribution >= 4 is 18.0 Å². The van der Waals surface area contributed by atoms with Gasteiger partial charge in [-0.1, -0.05) is 0 Å². The maximum absolute atomic E-state index is 12.0. The van der Waals surface area contributed by atoms with Gasteiger partial charge in [0, 0.05) is 18.7 Å². The summed E-state index contributed by atoms with van der Waals surface area (Å²) in [7, 11) is 0. The van der Waals surface area contributed by atoms with Gasteiger partial charge in [-0.15, -0.1) is 0 Å². The molecule has 0 bridgehead atoms. The van der Waals surface area contributed by atoms with E-state index in [0.29, 0.717) is 24.5 Å². The summed E-state index contributed by atoms with van der Waals surface area (Å²) >= 11 is 0. The Kier molecular flexibility index (Phi) is 2.80. The van der Waals surface area contributed by atoms with Crippen LogP contribution in [-0.4, -0.2) is 48.5 Å². The number of hydrogen-bond acceptors (Lipinski definition) is 6. The number of ether oxygens (including phenoxy) is 2. The van der Waals surface area contributed by atoms with E-state index in [1.807, 2.05) is 6.92 Å². The molecule has 6 nitrogen and oxygen atoms in total. The standard InChI is InChI=1S/C14H19N3O3/c1-2-19-14(18)10-7-15-17-12(10)16-11(8-3-4-8)9-5-6-20-13(9)17/h7-11,13H,2-6H2,1H3. The molecule has 0 spiro atoms. The van der Waals surface area contributed by atoms with Gasteiger partial charge in [-0.2, -0.15) is 5.10 Å². The first-order chi connectivity index (χ1) is 9.79. The van der Waals surface area contributed by atoms with Gasteiger partial charge in [0.15, 0.2) is 12.1 Å². The van der Waals surface area contributed by atoms with Crippen molar-refractivity contribution < 1.29 is 14.3 Å². The summed E-state index contributed by atoms with van der Waals surface area (Å²) in [5, 5.41) is 6.15. The van der Waals surface area contributed by atoms with Gasteiger partial charge < -0.3 is 9.47 Å². The molecule has 1 aliphatic carbocycles. The van der Waals surface area contributed by atoms with E-state index >= 15 is 0 Å². The molecule has 1 saturated heterocycles. The van der Waals surface area contributed by atoms with Gasteiger partial charge in [0.1, 0.15) is 5.84 Å². The van der Waals surface area contributed by atoms with E-state index in [1.165, 1.54) is 12.8 Å². The van der Waals surface area contributed by atoms with Crippen molar-refractivity contribution in [3.05, 3.63) is 0 Å². The Balaban J connectivity index is 1.65. The molecule has 6 heteroatoms. The molecule has 4 unspecified atom stereocenters. The van der Waals surface area contributed by atoms with Crippen molar-refractivity contribution in [1.82, 2.24) is 5.01 Å². The van der Waals surface area contributed by atoms with Gasteiger partial charge in [-0.05, 0) is 32.1 Å². The maximum atomic E-state index is 12.0. The first-order valence-electron chi connectivity index (χ1n) is 7.49. The summed E-state index contributed by atoms with van der Waals surface area (Å²) in [5.74, 6) is 1.10. The zero-order valence-corrected chi connectivity index (χ0v) is 11.6. The van der Waals surface area contributed by atoms with Gasteiger partial charge in [0.25, 0.3) is 0 Å². The summed E-state index contributed by atoms with van der Waals surface area (Å²) in [5.41, 5.74) is 0. The molecule has 4 rings (SSSR count). The molecule has 1 saturated carbocycles. The summed E-state index contributed by atoms with van der Waals surface area (Å²) in [6.45, 7) is 2.95. The number of rotatable bonds is 3. The summed E-state index contributed by atoms with van der Waals surface area (Å²) in [6.07, 6.45) is 5.14. The average molecular weight is 277 g/mol. The highest BCUT2D eigenvalue weighted by molar-refractivity contribution is 6.16. The zero-order valence-electron chi connectivity index (χ0n) is 11.6. The molecular formula is C14H19N3O3. The van der Waals surface area contributed by atoms with Crippen LogP contribution < -0.4 is 0 Å². The Morgan fingerprint density at radius 3 is 3.10 bits per heavy atom. The molecule has 0 N–H and O–H groups in total. The van der Waals surface area contributed by atoms with Crippen molar-refractivity contribution in [2.45, 2.75) is 38.5 Å². The summed E-state index contributed by atoms with van der Waals surface area (Å²) < 4.78 is 11.0. The van der Waals surface area contributed by atoms with Crippen LogP contribution in [-0.2, 0) is 14.3 Å². The topological polar surface area (TPSA) is 63.5 Å². The Labute approximate surface area is 117 Å². The molecule has 4 aliphatic rings. The number of carbonyl (C=O) groups excluding carboxylic acids is 1. The Morgan fingerprint density at radius 1 is 1.50 bits per heavy atom. The molecule has 2 fully saturated rings. The summed E-state index contributed by atoms with van der Waals surface area (Å²) in [6, 6.07) is 0.298. The number of aliphatic imine (C=N–C) groups is 1. The molecule has 3 aliphatic heterocycles. The number of fused-ring (bicyclic) bond motifs is 3. The lowest BCUT2D eigenvalue weighted by molar-refractivity contribution is -0.143. The first-order valence-corrected chi connectivity index (χ1v) is 7.49. The van der Waals surface area contributed by atoms with Gasteiger partial charge in [0.2, 0.25) is 0 Å². The lowest BCUT2D eigenvalue weighted by atomic mass is 9.90. The number of hydrogen-bond donors (Lipinski definition) is 0. The van der Waals surface area contributed by atoms with Gasteiger partial charge in [-0.25, -0.2) is 5.01 Å². The van der Waals surface area contributed by atoms with Crippen molar-refractivity contribution in [2.24, 2.45) is 27.8 Å². The average Bonchev–Trinajstić information content (AvgIpc) is 3.01. The number of esters is 1. The molecule has 0 radical (unpaired) electrons. The highest BCUT2D eigenvalue weighted by Gasteiger charge is 2.52. The van der Waals surface area contributed by atoms with Crippen LogP contribution in [0.3, 0.4) is 0 Å². The van der Waals surface area contributed by atoms with Crippen LogP contribution in [0.4, 0.5) is 0 Å². The van der Waals surface area contributed by atoms with Crippen LogP contribution in [0.5, 0.6) is 0 Å². The van der Waals surface area contributed by atoms with E-state index in [4.69, 9.17) is 14.5 Å². The van der Waals surface area contributed by atoms with Crippen LogP contribution in [0, 0.1) is 17.8 Å². The minimum Gasteiger partial charge on any atom is -0.465 e. The molecule has 0 aromatic heterocycles. The molecule has 0 aromatic carbocycles. The number of hydrazone groups is 1. The molecule has 3 heterocycles. The Hall–Kier alpha value is -1.43. The van der Waals surface area contributed by atoms with Crippen LogP contribution in [0.2, 0.25) is 0 Å². The number of amidine groups is 1. The van der Waals surface area contributed by atoms with E-state index < -0.39 is 5.92 Å². The van der Waals surface area contributed by atoms with Crippen molar-refractivity contribution in [2.75, 3.05) is 13.2 Å². The van der Waals surface area contributed by atoms with Crippen LogP contribution in [0.1, 0.15) is 26.2 Å². The van der Waals surface area contributed by atoms with Crippen molar-refractivity contribution in [1.29, 1.82) is 0 Å². The van der Waals surface area contributed by atoms with Gasteiger partial charge in [-0.3, -0.25) is 9.79 Å². The molecule has 4 atom stereocenters. The van der Waals surface area contributed by atoms with Gasteiger partial charge >= 0.3 is 5.97 Å². The summed E-state index contributed by atoms with van der Waals surface area (Å²) in [4.78, 5) is 16.9. The van der Waals surface area contributed by atoms with E-state index in [2.05, 4.69) is 5.10 Å². The van der Waals surface area contributed by atoms with Gasteiger partial charge in [0.05, 0.1) is 12.6 Å². The SMILES string of the molecule is CCOC(=O)C1C=NN2C1=NC(C1CC1)C1CCOC12. The maximum Gasteiger partial charge on any atom is 0.322 e. The van der Waals surface area contributed by atoms with Crippen molar-refractivity contribution in [3.8, 4) is 0 Å². The second-order valence-electron chi connectivity index (χ2n) is 5.87. The second kappa shape index (κ2) is 4.55. The second-order valence-corrected chi connectivity index (χ2v) is 5.87. The van der Waals surface area contributed by atoms with Crippen LogP contribution in [0.15, 0.2) is 10.1 Å². The van der Waals surface area contributed by atoms with E-state index in [1.54, 1.807) is 11.2 Å². The highest BCUT2D eigenvalue weighted by Crippen LogP contribution is 2.45. The fraction of sp³-hybridized carbons (Fsp3) is 0.786. The fourth-order valence-corrected chi connectivity index (χ4v) is 3.46. The van der Waals surface area contributed by atoms with Crippen LogP contribution in [0.25, 0.3) is 0 Å².